The Morgan fingerprint density at radius 3 is 2.47 bits per heavy atom. The van der Waals surface area contributed by atoms with Crippen LogP contribution in [0.1, 0.15) is 43.5 Å². The average Bonchev–Trinajstić information content (AvgIpc) is 2.50. The molecule has 0 saturated carbocycles. The fraction of sp³-hybridized carbons (Fsp3) is 0.533. The summed E-state index contributed by atoms with van der Waals surface area (Å²) in [6.45, 7) is 6.95. The Morgan fingerprint density at radius 1 is 1.12 bits per heavy atom. The Kier molecular flexibility index (Phi) is 3.51. The molecule has 0 radical (unpaired) electrons. The molecule has 0 aromatic heterocycles. The lowest BCUT2D eigenvalue weighted by atomic mass is 9.85. The van der Waals surface area contributed by atoms with Gasteiger partial charge in [-0.2, -0.15) is 0 Å². The second kappa shape index (κ2) is 4.91. The first-order chi connectivity index (χ1) is 8.11. The summed E-state index contributed by atoms with van der Waals surface area (Å²) in [7, 11) is 0. The highest BCUT2D eigenvalue weighted by atomic mass is 16.1. The van der Waals surface area contributed by atoms with E-state index >= 15 is 0 Å². The number of hydrogen-bond acceptors (Lipinski definition) is 2. The number of aldehydes is 1. The highest BCUT2D eigenvalue weighted by Gasteiger charge is 2.22. The maximum absolute atomic E-state index is 10.6. The molecule has 2 nitrogen and oxygen atoms in total. The monoisotopic (exact) mass is 231 g/mol. The summed E-state index contributed by atoms with van der Waals surface area (Å²) in [5.74, 6) is 0. The van der Waals surface area contributed by atoms with E-state index in [4.69, 9.17) is 0 Å². The van der Waals surface area contributed by atoms with E-state index in [1.807, 2.05) is 12.1 Å². The number of anilines is 1. The number of hydrogen-bond donors (Lipinski definition) is 0. The van der Waals surface area contributed by atoms with Gasteiger partial charge in [-0.3, -0.25) is 4.79 Å². The van der Waals surface area contributed by atoms with Gasteiger partial charge in [0.05, 0.1) is 0 Å². The zero-order chi connectivity index (χ0) is 12.3. The molecule has 0 bridgehead atoms. The highest BCUT2D eigenvalue weighted by Crippen LogP contribution is 2.31. The zero-order valence-corrected chi connectivity index (χ0v) is 10.8. The van der Waals surface area contributed by atoms with Gasteiger partial charge in [0.15, 0.2) is 0 Å². The normalized spacial score (nSPS) is 19.8. The number of carbonyl (C=O) groups excluding carboxylic acids is 1. The van der Waals surface area contributed by atoms with Crippen molar-refractivity contribution in [1.82, 2.24) is 0 Å². The van der Waals surface area contributed by atoms with Crippen LogP contribution in [0.5, 0.6) is 0 Å². The standard InChI is InChI=1S/C15H21NO/c1-15(2)8-3-10-16(11-9-15)14-6-4-13(12-17)5-7-14/h4-7,12H,3,8-11H2,1-2H3. The lowest BCUT2D eigenvalue weighted by Gasteiger charge is -2.24. The molecule has 1 saturated heterocycles. The van der Waals surface area contributed by atoms with Gasteiger partial charge in [0.2, 0.25) is 0 Å². The molecule has 1 aliphatic heterocycles. The lowest BCUT2D eigenvalue weighted by molar-refractivity contribution is 0.112. The van der Waals surface area contributed by atoms with E-state index in [0.29, 0.717) is 5.41 Å². The van der Waals surface area contributed by atoms with Gasteiger partial charge in [-0.15, -0.1) is 0 Å². The third-order valence-electron chi connectivity index (χ3n) is 3.73. The molecule has 92 valence electrons. The minimum Gasteiger partial charge on any atom is -0.372 e. The second-order valence-corrected chi connectivity index (χ2v) is 5.71. The number of carbonyl (C=O) groups is 1. The van der Waals surface area contributed by atoms with Crippen LogP contribution in [0, 0.1) is 5.41 Å². The summed E-state index contributed by atoms with van der Waals surface area (Å²) >= 11 is 0. The van der Waals surface area contributed by atoms with Crippen LogP contribution in [0.15, 0.2) is 24.3 Å². The Labute approximate surface area is 104 Å². The molecule has 1 aromatic carbocycles. The molecule has 0 aliphatic carbocycles. The number of nitrogens with zero attached hydrogens (tertiary/aromatic N) is 1. The van der Waals surface area contributed by atoms with E-state index in [-0.39, 0.29) is 0 Å². The molecular weight excluding hydrogens is 210 g/mol. The maximum atomic E-state index is 10.6. The minimum atomic E-state index is 0.470. The van der Waals surface area contributed by atoms with Crippen molar-refractivity contribution < 1.29 is 4.79 Å². The van der Waals surface area contributed by atoms with Crippen molar-refractivity contribution in [2.75, 3.05) is 18.0 Å². The molecule has 2 rings (SSSR count). The van der Waals surface area contributed by atoms with Crippen LogP contribution in [0.25, 0.3) is 0 Å². The van der Waals surface area contributed by atoms with Gasteiger partial charge >= 0.3 is 0 Å². The van der Waals surface area contributed by atoms with Crippen LogP contribution in [0.3, 0.4) is 0 Å². The minimum absolute atomic E-state index is 0.470. The molecular formula is C15H21NO. The van der Waals surface area contributed by atoms with Crippen LogP contribution in [-0.4, -0.2) is 19.4 Å². The van der Waals surface area contributed by atoms with Crippen molar-refractivity contribution in [3.63, 3.8) is 0 Å². The van der Waals surface area contributed by atoms with Gasteiger partial charge in [-0.25, -0.2) is 0 Å². The molecule has 0 spiro atoms. The van der Waals surface area contributed by atoms with E-state index in [9.17, 15) is 4.79 Å². The zero-order valence-electron chi connectivity index (χ0n) is 10.8. The van der Waals surface area contributed by atoms with Gasteiger partial charge in [0.25, 0.3) is 0 Å². The third kappa shape index (κ3) is 3.09. The SMILES string of the molecule is CC1(C)CCCN(c2ccc(C=O)cc2)CC1. The van der Waals surface area contributed by atoms with E-state index in [1.54, 1.807) is 0 Å². The Morgan fingerprint density at radius 2 is 1.82 bits per heavy atom. The Balaban J connectivity index is 2.08. The van der Waals surface area contributed by atoms with Gasteiger partial charge in [-0.05, 0) is 48.9 Å². The molecule has 2 heteroatoms. The molecule has 1 aromatic rings. The quantitative estimate of drug-likeness (QED) is 0.726. The predicted molar refractivity (Wildman–Crippen MR) is 71.7 cm³/mol. The van der Waals surface area contributed by atoms with Crippen molar-refractivity contribution in [3.05, 3.63) is 29.8 Å². The molecule has 1 fully saturated rings. The summed E-state index contributed by atoms with van der Waals surface area (Å²) in [5.41, 5.74) is 2.47. The van der Waals surface area contributed by atoms with Crippen molar-refractivity contribution in [3.8, 4) is 0 Å². The van der Waals surface area contributed by atoms with E-state index < -0.39 is 0 Å². The van der Waals surface area contributed by atoms with Crippen molar-refractivity contribution >= 4 is 12.0 Å². The number of benzene rings is 1. The predicted octanol–water partition coefficient (Wildman–Crippen LogP) is 3.52. The van der Waals surface area contributed by atoms with Gasteiger partial charge in [0.1, 0.15) is 6.29 Å². The van der Waals surface area contributed by atoms with Gasteiger partial charge in [-0.1, -0.05) is 13.8 Å². The molecule has 1 aliphatic rings. The largest absolute Gasteiger partial charge is 0.372 e. The van der Waals surface area contributed by atoms with Crippen LogP contribution >= 0.6 is 0 Å². The third-order valence-corrected chi connectivity index (χ3v) is 3.73. The Bertz CT molecular complexity index is 380. The average molecular weight is 231 g/mol. The summed E-state index contributed by atoms with van der Waals surface area (Å²) in [5, 5.41) is 0. The van der Waals surface area contributed by atoms with Crippen molar-refractivity contribution in [1.29, 1.82) is 0 Å². The first-order valence-electron chi connectivity index (χ1n) is 6.41. The first-order valence-corrected chi connectivity index (χ1v) is 6.41. The highest BCUT2D eigenvalue weighted by molar-refractivity contribution is 5.75. The first kappa shape index (κ1) is 12.2. The maximum Gasteiger partial charge on any atom is 0.150 e. The van der Waals surface area contributed by atoms with Crippen molar-refractivity contribution in [2.24, 2.45) is 5.41 Å². The van der Waals surface area contributed by atoms with E-state index in [1.165, 1.54) is 24.9 Å². The summed E-state index contributed by atoms with van der Waals surface area (Å²) in [6, 6.07) is 7.92. The fourth-order valence-corrected chi connectivity index (χ4v) is 2.44. The molecule has 0 unspecified atom stereocenters. The fourth-order valence-electron chi connectivity index (χ4n) is 2.44. The molecule has 17 heavy (non-hydrogen) atoms. The molecule has 1 heterocycles. The van der Waals surface area contributed by atoms with Crippen LogP contribution in [-0.2, 0) is 0 Å². The summed E-state index contributed by atoms with van der Waals surface area (Å²) in [4.78, 5) is 13.1. The second-order valence-electron chi connectivity index (χ2n) is 5.71. The van der Waals surface area contributed by atoms with Crippen LogP contribution in [0.4, 0.5) is 5.69 Å². The summed E-state index contributed by atoms with van der Waals surface area (Å²) in [6.07, 6.45) is 4.69. The topological polar surface area (TPSA) is 20.3 Å². The van der Waals surface area contributed by atoms with E-state index in [0.717, 1.165) is 24.9 Å². The molecule has 0 atom stereocenters. The molecule has 0 amide bonds. The summed E-state index contributed by atoms with van der Waals surface area (Å²) < 4.78 is 0. The van der Waals surface area contributed by atoms with Gasteiger partial charge < -0.3 is 4.90 Å². The smallest absolute Gasteiger partial charge is 0.150 e. The van der Waals surface area contributed by atoms with Gasteiger partial charge in [0, 0.05) is 24.3 Å². The lowest BCUT2D eigenvalue weighted by Crippen LogP contribution is -2.24. The van der Waals surface area contributed by atoms with E-state index in [2.05, 4.69) is 30.9 Å². The van der Waals surface area contributed by atoms with Crippen LogP contribution < -0.4 is 4.90 Å². The molecule has 0 N–H and O–H groups in total. The van der Waals surface area contributed by atoms with Crippen LogP contribution in [0.2, 0.25) is 0 Å². The number of rotatable bonds is 2. The Hall–Kier alpha value is -1.31. The van der Waals surface area contributed by atoms with Crippen molar-refractivity contribution in [2.45, 2.75) is 33.1 Å².